The molecule has 0 aliphatic carbocycles. The van der Waals surface area contributed by atoms with Crippen molar-refractivity contribution in [2.75, 3.05) is 12.9 Å². The summed E-state index contributed by atoms with van der Waals surface area (Å²) in [4.78, 5) is 22.3. The topological polar surface area (TPSA) is 69.4 Å². The Bertz CT molecular complexity index is 461. The van der Waals surface area contributed by atoms with E-state index in [-0.39, 0.29) is 17.6 Å². The first-order valence-corrected chi connectivity index (χ1v) is 6.39. The Morgan fingerprint density at radius 2 is 2.17 bits per heavy atom. The fourth-order valence-corrected chi connectivity index (χ4v) is 2.46. The van der Waals surface area contributed by atoms with Gasteiger partial charge in [-0.15, -0.1) is 11.8 Å². The monoisotopic (exact) mass is 269 g/mol. The van der Waals surface area contributed by atoms with Crippen LogP contribution in [0.2, 0.25) is 0 Å². The molecule has 0 amide bonds. The predicted molar refractivity (Wildman–Crippen MR) is 69.7 cm³/mol. The van der Waals surface area contributed by atoms with Crippen LogP contribution in [0.5, 0.6) is 0 Å². The van der Waals surface area contributed by atoms with E-state index in [0.717, 1.165) is 10.5 Å². The fourth-order valence-electron chi connectivity index (χ4n) is 1.41. The van der Waals surface area contributed by atoms with Gasteiger partial charge in [0.1, 0.15) is 0 Å². The van der Waals surface area contributed by atoms with Crippen LogP contribution in [0.15, 0.2) is 23.1 Å². The van der Waals surface area contributed by atoms with Crippen LogP contribution in [-0.4, -0.2) is 23.8 Å². The zero-order valence-electron chi connectivity index (χ0n) is 10.5. The van der Waals surface area contributed by atoms with Gasteiger partial charge >= 0.3 is 5.97 Å². The molecule has 1 atom stereocenters. The maximum Gasteiger partial charge on any atom is 0.309 e. The van der Waals surface area contributed by atoms with Crippen molar-refractivity contribution in [1.29, 1.82) is 0 Å². The molecule has 0 bridgehead atoms. The second kappa shape index (κ2) is 6.39. The second-order valence-electron chi connectivity index (χ2n) is 4.00. The summed E-state index contributed by atoms with van der Waals surface area (Å²) in [6.07, 6.45) is 0. The molecule has 6 heteroatoms. The van der Waals surface area contributed by atoms with Gasteiger partial charge in [-0.2, -0.15) is 0 Å². The maximum atomic E-state index is 11.2. The highest BCUT2D eigenvalue weighted by Gasteiger charge is 2.14. The molecule has 18 heavy (non-hydrogen) atoms. The van der Waals surface area contributed by atoms with Gasteiger partial charge < -0.3 is 4.74 Å². The Balaban J connectivity index is 2.73. The minimum atomic E-state index is -0.416. The van der Waals surface area contributed by atoms with Crippen LogP contribution in [0.25, 0.3) is 0 Å². The molecular weight excluding hydrogens is 254 g/mol. The summed E-state index contributed by atoms with van der Waals surface area (Å²) in [6.45, 7) is 3.57. The summed E-state index contributed by atoms with van der Waals surface area (Å²) >= 11 is 1.41. The van der Waals surface area contributed by atoms with Crippen molar-refractivity contribution in [3.63, 3.8) is 0 Å². The number of carbonyl (C=O) groups excluding carboxylic acids is 1. The van der Waals surface area contributed by atoms with Crippen molar-refractivity contribution in [3.8, 4) is 0 Å². The number of esters is 1. The number of carbonyl (C=O) groups is 1. The van der Waals surface area contributed by atoms with E-state index < -0.39 is 4.92 Å². The van der Waals surface area contributed by atoms with Crippen molar-refractivity contribution in [2.24, 2.45) is 5.92 Å². The number of thioether (sulfide) groups is 1. The molecule has 0 N–H and O–H groups in total. The van der Waals surface area contributed by atoms with E-state index in [0.29, 0.717) is 5.75 Å². The Morgan fingerprint density at radius 1 is 1.50 bits per heavy atom. The van der Waals surface area contributed by atoms with Crippen LogP contribution < -0.4 is 0 Å². The van der Waals surface area contributed by atoms with Crippen molar-refractivity contribution in [3.05, 3.63) is 33.9 Å². The molecule has 98 valence electrons. The summed E-state index contributed by atoms with van der Waals surface area (Å²) in [6, 6.07) is 4.90. The number of methoxy groups -OCH3 is 1. The Hall–Kier alpha value is -1.56. The number of benzene rings is 1. The zero-order chi connectivity index (χ0) is 13.7. The minimum Gasteiger partial charge on any atom is -0.469 e. The number of nitro benzene ring substituents is 1. The molecule has 1 rings (SSSR count). The van der Waals surface area contributed by atoms with Gasteiger partial charge in [-0.1, -0.05) is 6.92 Å². The lowest BCUT2D eigenvalue weighted by Crippen LogP contribution is -2.14. The van der Waals surface area contributed by atoms with E-state index in [1.54, 1.807) is 13.8 Å². The number of ether oxygens (including phenoxy) is 1. The van der Waals surface area contributed by atoms with E-state index in [1.807, 2.05) is 6.07 Å². The van der Waals surface area contributed by atoms with Crippen molar-refractivity contribution in [2.45, 2.75) is 18.7 Å². The second-order valence-corrected chi connectivity index (χ2v) is 5.09. The predicted octanol–water partition coefficient (Wildman–Crippen LogP) is 2.80. The van der Waals surface area contributed by atoms with Gasteiger partial charge in [0.05, 0.1) is 18.0 Å². The molecule has 1 aromatic carbocycles. The van der Waals surface area contributed by atoms with Crippen molar-refractivity contribution < 1.29 is 14.5 Å². The van der Waals surface area contributed by atoms with Gasteiger partial charge in [0.25, 0.3) is 5.69 Å². The summed E-state index contributed by atoms with van der Waals surface area (Å²) in [7, 11) is 1.35. The van der Waals surface area contributed by atoms with Gasteiger partial charge in [-0.3, -0.25) is 14.9 Å². The normalized spacial score (nSPS) is 11.9. The third-order valence-corrected chi connectivity index (χ3v) is 3.59. The van der Waals surface area contributed by atoms with Crippen molar-refractivity contribution >= 4 is 23.4 Å². The molecule has 0 aromatic heterocycles. The molecule has 0 aliphatic rings. The molecule has 1 unspecified atom stereocenters. The fraction of sp³-hybridized carbons (Fsp3) is 0.417. The van der Waals surface area contributed by atoms with E-state index in [1.165, 1.54) is 31.0 Å². The smallest absolute Gasteiger partial charge is 0.309 e. The number of aryl methyl sites for hydroxylation is 1. The van der Waals surface area contributed by atoms with Crippen LogP contribution >= 0.6 is 11.8 Å². The van der Waals surface area contributed by atoms with Crippen LogP contribution in [0, 0.1) is 23.0 Å². The Morgan fingerprint density at radius 3 is 2.72 bits per heavy atom. The zero-order valence-corrected chi connectivity index (χ0v) is 11.3. The third-order valence-electron chi connectivity index (χ3n) is 2.35. The highest BCUT2D eigenvalue weighted by Crippen LogP contribution is 2.26. The van der Waals surface area contributed by atoms with Gasteiger partial charge in [0.2, 0.25) is 0 Å². The maximum absolute atomic E-state index is 11.2. The van der Waals surface area contributed by atoms with E-state index >= 15 is 0 Å². The lowest BCUT2D eigenvalue weighted by atomic mass is 10.2. The van der Waals surface area contributed by atoms with Gasteiger partial charge in [-0.05, 0) is 18.6 Å². The molecule has 0 fully saturated rings. The van der Waals surface area contributed by atoms with Crippen LogP contribution in [0.1, 0.15) is 12.5 Å². The number of nitrogens with zero attached hydrogens (tertiary/aromatic N) is 1. The SMILES string of the molecule is COC(=O)C(C)CSc1cc(C)cc([N+](=O)[O-])c1. The molecule has 1 aromatic rings. The average molecular weight is 269 g/mol. The lowest BCUT2D eigenvalue weighted by molar-refractivity contribution is -0.385. The van der Waals surface area contributed by atoms with E-state index in [2.05, 4.69) is 4.74 Å². The first kappa shape index (κ1) is 14.5. The number of hydrogen-bond donors (Lipinski definition) is 0. The lowest BCUT2D eigenvalue weighted by Gasteiger charge is -2.08. The Labute approximate surface area is 110 Å². The summed E-state index contributed by atoms with van der Waals surface area (Å²) in [5.41, 5.74) is 0.903. The van der Waals surface area contributed by atoms with E-state index in [4.69, 9.17) is 0 Å². The van der Waals surface area contributed by atoms with Crippen LogP contribution in [0.4, 0.5) is 5.69 Å². The minimum absolute atomic E-state index is 0.0724. The molecular formula is C12H15NO4S. The average Bonchev–Trinajstić information content (AvgIpc) is 2.34. The molecule has 0 heterocycles. The number of rotatable bonds is 5. The van der Waals surface area contributed by atoms with Gasteiger partial charge in [-0.25, -0.2) is 0 Å². The van der Waals surface area contributed by atoms with Crippen molar-refractivity contribution in [1.82, 2.24) is 0 Å². The highest BCUT2D eigenvalue weighted by atomic mass is 32.2. The molecule has 0 aliphatic heterocycles. The largest absolute Gasteiger partial charge is 0.469 e. The highest BCUT2D eigenvalue weighted by molar-refractivity contribution is 7.99. The van der Waals surface area contributed by atoms with Gasteiger partial charge in [0.15, 0.2) is 0 Å². The Kier molecular flexibility index (Phi) is 5.15. The summed E-state index contributed by atoms with van der Waals surface area (Å²) < 4.78 is 4.63. The first-order valence-electron chi connectivity index (χ1n) is 5.40. The number of nitro groups is 1. The number of hydrogen-bond acceptors (Lipinski definition) is 5. The molecule has 0 spiro atoms. The summed E-state index contributed by atoms with van der Waals surface area (Å²) in [5.74, 6) is 0.0250. The quantitative estimate of drug-likeness (QED) is 0.356. The molecule has 5 nitrogen and oxygen atoms in total. The first-order chi connectivity index (χ1) is 8.43. The molecule has 0 saturated carbocycles. The number of non-ortho nitro benzene ring substituents is 1. The standard InChI is InChI=1S/C12H15NO4S/c1-8-4-10(13(15)16)6-11(5-8)18-7-9(2)12(14)17-3/h4-6,9H,7H2,1-3H3. The van der Waals surface area contributed by atoms with Crippen LogP contribution in [0.3, 0.4) is 0 Å². The third kappa shape index (κ3) is 4.03. The van der Waals surface area contributed by atoms with Gasteiger partial charge in [0, 0.05) is 22.8 Å². The summed E-state index contributed by atoms with van der Waals surface area (Å²) in [5, 5.41) is 10.7. The van der Waals surface area contributed by atoms with E-state index in [9.17, 15) is 14.9 Å². The molecule has 0 radical (unpaired) electrons. The van der Waals surface area contributed by atoms with Crippen LogP contribution in [-0.2, 0) is 9.53 Å². The molecule has 0 saturated heterocycles.